The molecular formula is C18H34NNaO3. The molecule has 130 valence electrons. The van der Waals surface area contributed by atoms with Gasteiger partial charge in [0.25, 0.3) is 0 Å². The first-order valence-corrected chi connectivity index (χ1v) is 9.05. The van der Waals surface area contributed by atoms with Crippen LogP contribution in [0.1, 0.15) is 85.0 Å². The monoisotopic (exact) mass is 335 g/mol. The summed E-state index contributed by atoms with van der Waals surface area (Å²) in [6.07, 6.45) is 10.1. The van der Waals surface area contributed by atoms with E-state index in [1.165, 1.54) is 38.5 Å². The van der Waals surface area contributed by atoms with Crippen molar-refractivity contribution in [2.45, 2.75) is 85.0 Å². The molecule has 1 atom stereocenters. The van der Waals surface area contributed by atoms with Crippen LogP contribution in [0.3, 0.4) is 0 Å². The van der Waals surface area contributed by atoms with E-state index in [0.29, 0.717) is 19.5 Å². The van der Waals surface area contributed by atoms with E-state index in [-0.39, 0.29) is 41.9 Å². The summed E-state index contributed by atoms with van der Waals surface area (Å²) in [7, 11) is 0. The maximum atomic E-state index is 12.3. The van der Waals surface area contributed by atoms with Crippen LogP contribution in [0.25, 0.3) is 0 Å². The van der Waals surface area contributed by atoms with Crippen LogP contribution in [0.5, 0.6) is 0 Å². The van der Waals surface area contributed by atoms with Crippen LogP contribution in [0.4, 0.5) is 0 Å². The zero-order valence-electron chi connectivity index (χ0n) is 15.7. The molecule has 0 aromatic carbocycles. The Morgan fingerprint density at radius 2 is 1.35 bits per heavy atom. The Balaban J connectivity index is 0. The van der Waals surface area contributed by atoms with E-state index in [1.54, 1.807) is 4.90 Å². The van der Waals surface area contributed by atoms with Crippen molar-refractivity contribution in [3.63, 3.8) is 0 Å². The van der Waals surface area contributed by atoms with Crippen LogP contribution in [0, 0.1) is 5.92 Å². The largest absolute Gasteiger partial charge is 1.00 e. The molecule has 0 aromatic heterocycles. The minimum absolute atomic E-state index is 0. The number of carboxylic acids is 1. The van der Waals surface area contributed by atoms with E-state index >= 15 is 0 Å². The molecule has 0 radical (unpaired) electrons. The second-order valence-electron chi connectivity index (χ2n) is 6.05. The van der Waals surface area contributed by atoms with Crippen molar-refractivity contribution in [2.75, 3.05) is 13.1 Å². The third kappa shape index (κ3) is 13.0. The quantitative estimate of drug-likeness (QED) is 0.335. The minimum atomic E-state index is -1.12. The Hall–Kier alpha value is -0.0600. The predicted molar refractivity (Wildman–Crippen MR) is 88.3 cm³/mol. The molecule has 23 heavy (non-hydrogen) atoms. The fraction of sp³-hybridized carbons (Fsp3) is 0.889. The second kappa shape index (κ2) is 16.8. The first kappa shape index (κ1) is 25.2. The molecule has 1 amide bonds. The molecule has 0 spiro atoms. The van der Waals surface area contributed by atoms with Crippen molar-refractivity contribution in [1.29, 1.82) is 0 Å². The van der Waals surface area contributed by atoms with Gasteiger partial charge in [0.2, 0.25) is 5.91 Å². The van der Waals surface area contributed by atoms with Gasteiger partial charge in [0.15, 0.2) is 0 Å². The van der Waals surface area contributed by atoms with Crippen LogP contribution < -0.4 is 34.7 Å². The summed E-state index contributed by atoms with van der Waals surface area (Å²) in [5, 5.41) is 10.9. The Kier molecular flexibility index (Phi) is 18.4. The number of amides is 1. The van der Waals surface area contributed by atoms with E-state index in [1.807, 2.05) is 13.8 Å². The number of carbonyl (C=O) groups is 2. The van der Waals surface area contributed by atoms with Gasteiger partial charge in [-0.15, -0.1) is 0 Å². The third-order valence-electron chi connectivity index (χ3n) is 4.24. The molecule has 0 saturated carbocycles. The van der Waals surface area contributed by atoms with Gasteiger partial charge < -0.3 is 14.8 Å². The summed E-state index contributed by atoms with van der Waals surface area (Å²) in [6.45, 7) is 7.33. The van der Waals surface area contributed by atoms with Gasteiger partial charge in [-0.1, -0.05) is 58.3 Å². The van der Waals surface area contributed by atoms with Crippen LogP contribution >= 0.6 is 0 Å². The van der Waals surface area contributed by atoms with Crippen molar-refractivity contribution < 1.29 is 44.3 Å². The van der Waals surface area contributed by atoms with E-state index in [4.69, 9.17) is 0 Å². The fourth-order valence-electron chi connectivity index (χ4n) is 2.83. The van der Waals surface area contributed by atoms with Crippen molar-refractivity contribution in [2.24, 2.45) is 5.92 Å². The average molecular weight is 335 g/mol. The van der Waals surface area contributed by atoms with Gasteiger partial charge in [-0.2, -0.15) is 0 Å². The first-order valence-electron chi connectivity index (χ1n) is 9.05. The topological polar surface area (TPSA) is 60.4 Å². The van der Waals surface area contributed by atoms with E-state index in [9.17, 15) is 14.7 Å². The minimum Gasteiger partial charge on any atom is -0.550 e. The van der Waals surface area contributed by atoms with Gasteiger partial charge in [-0.3, -0.25) is 4.79 Å². The molecule has 0 aromatic rings. The number of carboxylic acid groups (broad SMARTS) is 1. The SMILES string of the molecule is CCCCCCCCCCC(CC(=O)[O-])C(=O)N(CC)CC.[Na+]. The molecule has 0 aliphatic rings. The van der Waals surface area contributed by atoms with Crippen molar-refractivity contribution in [3.8, 4) is 0 Å². The normalized spacial score (nSPS) is 11.6. The van der Waals surface area contributed by atoms with Crippen molar-refractivity contribution in [1.82, 2.24) is 4.90 Å². The molecular weight excluding hydrogens is 301 g/mol. The molecule has 0 N–H and O–H groups in total. The summed E-state index contributed by atoms with van der Waals surface area (Å²) < 4.78 is 0. The third-order valence-corrected chi connectivity index (χ3v) is 4.24. The van der Waals surface area contributed by atoms with Crippen LogP contribution in [-0.2, 0) is 9.59 Å². The second-order valence-corrected chi connectivity index (χ2v) is 6.05. The summed E-state index contributed by atoms with van der Waals surface area (Å²) >= 11 is 0. The Bertz CT molecular complexity index is 307. The molecule has 4 nitrogen and oxygen atoms in total. The molecule has 0 saturated heterocycles. The number of nitrogens with zero attached hydrogens (tertiary/aromatic N) is 1. The van der Waals surface area contributed by atoms with E-state index < -0.39 is 11.9 Å². The Labute approximate surface area is 164 Å². The molecule has 0 bridgehead atoms. The zero-order chi connectivity index (χ0) is 16.8. The number of hydrogen-bond acceptors (Lipinski definition) is 3. The standard InChI is InChI=1S/C18H35NO3.Na/c1-4-7-8-9-10-11-12-13-14-16(15-17(20)21)18(22)19(5-2)6-3;/h16H,4-15H2,1-3H3,(H,20,21);/q;+1/p-1. The number of rotatable bonds is 14. The smallest absolute Gasteiger partial charge is 0.550 e. The van der Waals surface area contributed by atoms with Gasteiger partial charge in [0.1, 0.15) is 0 Å². The van der Waals surface area contributed by atoms with Crippen molar-refractivity contribution in [3.05, 3.63) is 0 Å². The number of aliphatic carboxylic acids is 1. The van der Waals surface area contributed by atoms with Crippen LogP contribution in [-0.4, -0.2) is 29.9 Å². The summed E-state index contributed by atoms with van der Waals surface area (Å²) in [6, 6.07) is 0. The maximum absolute atomic E-state index is 12.3. The molecule has 0 rings (SSSR count). The predicted octanol–water partition coefficient (Wildman–Crippen LogP) is 0.146. The van der Waals surface area contributed by atoms with Gasteiger partial charge >= 0.3 is 29.6 Å². The first-order chi connectivity index (χ1) is 10.6. The van der Waals surface area contributed by atoms with Crippen molar-refractivity contribution >= 4 is 11.9 Å². The Morgan fingerprint density at radius 1 is 0.870 bits per heavy atom. The molecule has 1 unspecified atom stereocenters. The van der Waals surface area contributed by atoms with Crippen LogP contribution in [0.2, 0.25) is 0 Å². The number of hydrogen-bond donors (Lipinski definition) is 0. The van der Waals surface area contributed by atoms with Gasteiger partial charge in [-0.25, -0.2) is 0 Å². The molecule has 0 aliphatic heterocycles. The van der Waals surface area contributed by atoms with Gasteiger partial charge in [-0.05, 0) is 26.7 Å². The van der Waals surface area contributed by atoms with Gasteiger partial charge in [0, 0.05) is 25.0 Å². The Morgan fingerprint density at radius 3 is 1.78 bits per heavy atom. The average Bonchev–Trinajstić information content (AvgIpc) is 2.49. The van der Waals surface area contributed by atoms with E-state index in [0.717, 1.165) is 12.8 Å². The van der Waals surface area contributed by atoms with Crippen LogP contribution in [0.15, 0.2) is 0 Å². The summed E-state index contributed by atoms with van der Waals surface area (Å²) in [5.74, 6) is -1.56. The zero-order valence-corrected chi connectivity index (χ0v) is 17.7. The molecule has 5 heteroatoms. The number of unbranched alkanes of at least 4 members (excludes halogenated alkanes) is 7. The van der Waals surface area contributed by atoms with Gasteiger partial charge in [0.05, 0.1) is 0 Å². The molecule has 0 aliphatic carbocycles. The van der Waals surface area contributed by atoms with E-state index in [2.05, 4.69) is 6.92 Å². The number of carbonyl (C=O) groups excluding carboxylic acids is 2. The maximum Gasteiger partial charge on any atom is 1.00 e. The summed E-state index contributed by atoms with van der Waals surface area (Å²) in [5.41, 5.74) is 0. The fourth-order valence-corrected chi connectivity index (χ4v) is 2.83. The summed E-state index contributed by atoms with van der Waals surface area (Å²) in [4.78, 5) is 24.9. The molecule has 0 fully saturated rings. The molecule has 0 heterocycles.